The van der Waals surface area contributed by atoms with E-state index in [1.165, 1.54) is 0 Å². The van der Waals surface area contributed by atoms with Crippen LogP contribution in [0.3, 0.4) is 0 Å². The number of hydrogen-bond donors (Lipinski definition) is 3. The Hall–Kier alpha value is -1.30. The average molecular weight is 258 g/mol. The molecule has 18 heavy (non-hydrogen) atoms. The highest BCUT2D eigenvalue weighted by molar-refractivity contribution is 5.75. The van der Waals surface area contributed by atoms with Gasteiger partial charge in [0.05, 0.1) is 6.42 Å². The summed E-state index contributed by atoms with van der Waals surface area (Å²) >= 11 is 0. The zero-order valence-corrected chi connectivity index (χ0v) is 10.8. The fraction of sp³-hybridized carbons (Fsp3) is 0.833. The molecule has 0 saturated heterocycles. The van der Waals surface area contributed by atoms with Crippen LogP contribution in [0, 0.1) is 5.92 Å². The van der Waals surface area contributed by atoms with Gasteiger partial charge in [-0.05, 0) is 32.1 Å². The van der Waals surface area contributed by atoms with Crippen molar-refractivity contribution in [2.75, 3.05) is 19.8 Å². The number of aliphatic carboxylic acids is 1. The Morgan fingerprint density at radius 3 is 2.72 bits per heavy atom. The third-order valence-corrected chi connectivity index (χ3v) is 2.86. The molecule has 1 aliphatic rings. The van der Waals surface area contributed by atoms with Crippen LogP contribution in [0.5, 0.6) is 0 Å². The molecule has 1 aliphatic carbocycles. The monoisotopic (exact) mass is 258 g/mol. The minimum absolute atomic E-state index is 0.00294. The quantitative estimate of drug-likeness (QED) is 0.538. The number of urea groups is 1. The van der Waals surface area contributed by atoms with Crippen molar-refractivity contribution < 1.29 is 19.4 Å². The molecule has 1 saturated carbocycles. The highest BCUT2D eigenvalue weighted by atomic mass is 16.5. The second-order valence-corrected chi connectivity index (χ2v) is 4.49. The van der Waals surface area contributed by atoms with Gasteiger partial charge in [-0.2, -0.15) is 0 Å². The molecule has 0 radical (unpaired) electrons. The van der Waals surface area contributed by atoms with Gasteiger partial charge in [-0.15, -0.1) is 0 Å². The van der Waals surface area contributed by atoms with Crippen molar-refractivity contribution in [2.45, 2.75) is 38.6 Å². The van der Waals surface area contributed by atoms with Crippen molar-refractivity contribution in [2.24, 2.45) is 5.92 Å². The summed E-state index contributed by atoms with van der Waals surface area (Å²) < 4.78 is 5.15. The van der Waals surface area contributed by atoms with Gasteiger partial charge in [0, 0.05) is 25.8 Å². The highest BCUT2D eigenvalue weighted by Crippen LogP contribution is 2.33. The Bertz CT molecular complexity index is 279. The minimum atomic E-state index is -0.872. The van der Waals surface area contributed by atoms with Gasteiger partial charge in [0.15, 0.2) is 0 Å². The van der Waals surface area contributed by atoms with Gasteiger partial charge in [-0.3, -0.25) is 4.79 Å². The third kappa shape index (κ3) is 6.44. The van der Waals surface area contributed by atoms with Crippen LogP contribution in [0.15, 0.2) is 0 Å². The maximum atomic E-state index is 11.5. The Morgan fingerprint density at radius 2 is 2.17 bits per heavy atom. The normalized spacial score (nSPS) is 16.1. The Balaban J connectivity index is 2.14. The Morgan fingerprint density at radius 1 is 1.44 bits per heavy atom. The molecule has 0 aromatic rings. The standard InChI is InChI=1S/C12H22N2O4/c1-2-18-7-3-6-13-12(17)14-10(8-11(15)16)9-4-5-9/h9-10H,2-8H2,1H3,(H,15,16)(H2,13,14,17). The summed E-state index contributed by atoms with van der Waals surface area (Å²) in [6.45, 7) is 3.76. The van der Waals surface area contributed by atoms with Crippen LogP contribution in [0.25, 0.3) is 0 Å². The molecule has 0 aliphatic heterocycles. The van der Waals surface area contributed by atoms with E-state index in [1.54, 1.807) is 0 Å². The minimum Gasteiger partial charge on any atom is -0.481 e. The van der Waals surface area contributed by atoms with Gasteiger partial charge in [-0.1, -0.05) is 0 Å². The zero-order valence-electron chi connectivity index (χ0n) is 10.8. The van der Waals surface area contributed by atoms with Crippen LogP contribution in [-0.2, 0) is 9.53 Å². The van der Waals surface area contributed by atoms with Crippen LogP contribution in [0.2, 0.25) is 0 Å². The van der Waals surface area contributed by atoms with Crippen molar-refractivity contribution >= 4 is 12.0 Å². The zero-order chi connectivity index (χ0) is 13.4. The summed E-state index contributed by atoms with van der Waals surface area (Å²) in [7, 11) is 0. The predicted molar refractivity (Wildman–Crippen MR) is 66.4 cm³/mol. The van der Waals surface area contributed by atoms with Crippen LogP contribution < -0.4 is 10.6 Å². The summed E-state index contributed by atoms with van der Waals surface area (Å²) in [4.78, 5) is 22.2. The van der Waals surface area contributed by atoms with Gasteiger partial charge in [-0.25, -0.2) is 4.79 Å². The molecule has 1 rings (SSSR count). The number of hydrogen-bond acceptors (Lipinski definition) is 3. The number of rotatable bonds is 9. The number of nitrogens with one attached hydrogen (secondary N) is 2. The van der Waals surface area contributed by atoms with E-state index in [4.69, 9.17) is 9.84 Å². The van der Waals surface area contributed by atoms with E-state index < -0.39 is 5.97 Å². The first-order valence-corrected chi connectivity index (χ1v) is 6.47. The van der Waals surface area contributed by atoms with Crippen molar-refractivity contribution in [1.29, 1.82) is 0 Å². The predicted octanol–water partition coefficient (Wildman–Crippen LogP) is 0.966. The summed E-state index contributed by atoms with van der Waals surface area (Å²) in [6, 6.07) is -0.529. The summed E-state index contributed by atoms with van der Waals surface area (Å²) in [6.07, 6.45) is 2.76. The summed E-state index contributed by atoms with van der Waals surface area (Å²) in [5, 5.41) is 14.2. The van der Waals surface area contributed by atoms with E-state index in [0.717, 1.165) is 19.3 Å². The van der Waals surface area contributed by atoms with Crippen LogP contribution in [0.1, 0.15) is 32.6 Å². The molecule has 104 valence electrons. The second-order valence-electron chi connectivity index (χ2n) is 4.49. The fourth-order valence-electron chi connectivity index (χ4n) is 1.76. The smallest absolute Gasteiger partial charge is 0.315 e. The third-order valence-electron chi connectivity index (χ3n) is 2.86. The van der Waals surface area contributed by atoms with E-state index in [-0.39, 0.29) is 18.5 Å². The van der Waals surface area contributed by atoms with Gasteiger partial charge >= 0.3 is 12.0 Å². The Kier molecular flexibility index (Phi) is 6.49. The molecule has 0 aromatic heterocycles. The van der Waals surface area contributed by atoms with Gasteiger partial charge in [0.25, 0.3) is 0 Å². The number of carbonyl (C=O) groups is 2. The molecule has 0 heterocycles. The van der Waals surface area contributed by atoms with Crippen molar-refractivity contribution in [3.8, 4) is 0 Å². The molecule has 0 spiro atoms. The molecule has 1 fully saturated rings. The molecule has 6 nitrogen and oxygen atoms in total. The molecular weight excluding hydrogens is 236 g/mol. The average Bonchev–Trinajstić information content (AvgIpc) is 3.11. The number of carboxylic acid groups (broad SMARTS) is 1. The largest absolute Gasteiger partial charge is 0.481 e. The Labute approximate surface area is 107 Å². The lowest BCUT2D eigenvalue weighted by atomic mass is 10.1. The number of carbonyl (C=O) groups excluding carboxylic acids is 1. The summed E-state index contributed by atoms with van der Waals surface area (Å²) in [5.41, 5.74) is 0. The van der Waals surface area contributed by atoms with Crippen molar-refractivity contribution in [1.82, 2.24) is 10.6 Å². The van der Waals surface area contributed by atoms with E-state index in [0.29, 0.717) is 25.7 Å². The van der Waals surface area contributed by atoms with Crippen LogP contribution in [0.4, 0.5) is 4.79 Å². The second kappa shape index (κ2) is 7.92. The number of carboxylic acids is 1. The molecule has 0 bridgehead atoms. The maximum Gasteiger partial charge on any atom is 0.315 e. The van der Waals surface area contributed by atoms with E-state index in [2.05, 4.69) is 10.6 Å². The lowest BCUT2D eigenvalue weighted by Crippen LogP contribution is -2.44. The van der Waals surface area contributed by atoms with Gasteiger partial charge in [0.1, 0.15) is 0 Å². The maximum absolute atomic E-state index is 11.5. The number of ether oxygens (including phenoxy) is 1. The topological polar surface area (TPSA) is 87.7 Å². The molecule has 6 heteroatoms. The van der Waals surface area contributed by atoms with Crippen molar-refractivity contribution in [3.63, 3.8) is 0 Å². The molecule has 1 atom stereocenters. The first-order chi connectivity index (χ1) is 8.63. The van der Waals surface area contributed by atoms with Crippen molar-refractivity contribution in [3.05, 3.63) is 0 Å². The van der Waals surface area contributed by atoms with E-state index in [9.17, 15) is 9.59 Å². The van der Waals surface area contributed by atoms with Gasteiger partial charge in [0.2, 0.25) is 0 Å². The molecular formula is C12H22N2O4. The van der Waals surface area contributed by atoms with Gasteiger partial charge < -0.3 is 20.5 Å². The SMILES string of the molecule is CCOCCCNC(=O)NC(CC(=O)O)C1CC1. The van der Waals surface area contributed by atoms with Crippen LogP contribution >= 0.6 is 0 Å². The van der Waals surface area contributed by atoms with Crippen LogP contribution in [-0.4, -0.2) is 42.9 Å². The summed E-state index contributed by atoms with van der Waals surface area (Å²) in [5.74, 6) is -0.543. The molecule has 3 N–H and O–H groups in total. The highest BCUT2D eigenvalue weighted by Gasteiger charge is 2.33. The first-order valence-electron chi connectivity index (χ1n) is 6.47. The fourth-order valence-corrected chi connectivity index (χ4v) is 1.76. The molecule has 0 aromatic carbocycles. The van der Waals surface area contributed by atoms with E-state index >= 15 is 0 Å². The first kappa shape index (κ1) is 14.8. The molecule has 1 unspecified atom stereocenters. The number of amides is 2. The molecule has 2 amide bonds. The lowest BCUT2D eigenvalue weighted by Gasteiger charge is -2.16. The lowest BCUT2D eigenvalue weighted by molar-refractivity contribution is -0.137. The van der Waals surface area contributed by atoms with E-state index in [1.807, 2.05) is 6.92 Å².